The smallest absolute Gasteiger partial charge is 0.204 e. The Balaban J connectivity index is 2.02. The van der Waals surface area contributed by atoms with Gasteiger partial charge in [-0.25, -0.2) is 9.98 Å². The number of para-hydroxylation sites is 1. The topological polar surface area (TPSA) is 71.5 Å². The Hall–Kier alpha value is -2.50. The lowest BCUT2D eigenvalue weighted by Crippen LogP contribution is -2.22. The quantitative estimate of drug-likeness (QED) is 0.652. The first kappa shape index (κ1) is 13.9. The second kappa shape index (κ2) is 6.10. The summed E-state index contributed by atoms with van der Waals surface area (Å²) in [6.45, 7) is 0.489. The number of hydrogen-bond donors (Lipinski definition) is 2. The Morgan fingerprint density at radius 3 is 2.65 bits per heavy atom. The molecule has 0 radical (unpaired) electrons. The molecule has 2 aromatic rings. The maximum atomic E-state index is 5.87. The summed E-state index contributed by atoms with van der Waals surface area (Å²) in [6.07, 6.45) is 1.81. The lowest BCUT2D eigenvalue weighted by atomic mass is 10.3. The van der Waals surface area contributed by atoms with Crippen LogP contribution in [0.2, 0.25) is 0 Å². The van der Waals surface area contributed by atoms with Crippen LogP contribution < -0.4 is 16.0 Å². The monoisotopic (exact) mass is 272 g/mol. The fraction of sp³-hybridized carbons (Fsp3) is 0.286. The molecular weight excluding hydrogens is 252 g/mol. The summed E-state index contributed by atoms with van der Waals surface area (Å²) < 4.78 is 2.00. The molecule has 0 spiro atoms. The minimum atomic E-state index is 0.392. The lowest BCUT2D eigenvalue weighted by Gasteiger charge is -2.12. The van der Waals surface area contributed by atoms with Gasteiger partial charge in [-0.2, -0.15) is 0 Å². The maximum Gasteiger partial charge on any atom is 0.204 e. The van der Waals surface area contributed by atoms with E-state index >= 15 is 0 Å². The van der Waals surface area contributed by atoms with Gasteiger partial charge < -0.3 is 20.5 Å². The van der Waals surface area contributed by atoms with E-state index in [1.165, 1.54) is 0 Å². The Labute approximate surface area is 118 Å². The van der Waals surface area contributed by atoms with E-state index in [-0.39, 0.29) is 0 Å². The number of guanidine groups is 1. The zero-order valence-corrected chi connectivity index (χ0v) is 12.0. The molecule has 1 heterocycles. The number of anilines is 2. The molecule has 0 fully saturated rings. The Morgan fingerprint density at radius 2 is 2.05 bits per heavy atom. The van der Waals surface area contributed by atoms with Gasteiger partial charge in [0.05, 0.1) is 18.4 Å². The highest BCUT2D eigenvalue weighted by Gasteiger charge is 2.07. The van der Waals surface area contributed by atoms with Crippen molar-refractivity contribution >= 4 is 17.6 Å². The summed E-state index contributed by atoms with van der Waals surface area (Å²) in [4.78, 5) is 10.6. The Bertz CT molecular complexity index is 585. The van der Waals surface area contributed by atoms with Crippen LogP contribution in [0.25, 0.3) is 0 Å². The first-order chi connectivity index (χ1) is 9.58. The summed E-state index contributed by atoms with van der Waals surface area (Å²) in [7, 11) is 5.88. The van der Waals surface area contributed by atoms with Crippen LogP contribution in [0.5, 0.6) is 0 Å². The number of benzene rings is 1. The van der Waals surface area contributed by atoms with Crippen LogP contribution in [-0.2, 0) is 13.6 Å². The second-order valence-corrected chi connectivity index (χ2v) is 4.70. The first-order valence-electron chi connectivity index (χ1n) is 6.38. The predicted octanol–water partition coefficient (Wildman–Crippen LogP) is 1.41. The number of aliphatic imine (C=N–C) groups is 1. The summed E-state index contributed by atoms with van der Waals surface area (Å²) >= 11 is 0. The molecule has 6 nitrogen and oxygen atoms in total. The average molecular weight is 272 g/mol. The van der Waals surface area contributed by atoms with E-state index in [1.807, 2.05) is 67.1 Å². The second-order valence-electron chi connectivity index (χ2n) is 4.70. The molecule has 0 atom stereocenters. The number of nitrogens with one attached hydrogen (secondary N) is 1. The number of nitrogens with two attached hydrogens (primary N) is 1. The molecular formula is C14H20N6. The van der Waals surface area contributed by atoms with Crippen molar-refractivity contribution in [3.8, 4) is 0 Å². The van der Waals surface area contributed by atoms with Gasteiger partial charge in [0.15, 0.2) is 5.96 Å². The third kappa shape index (κ3) is 3.28. The minimum Gasteiger partial charge on any atom is -0.370 e. The van der Waals surface area contributed by atoms with Gasteiger partial charge in [-0.05, 0) is 12.1 Å². The third-order valence-corrected chi connectivity index (χ3v) is 2.92. The van der Waals surface area contributed by atoms with Crippen molar-refractivity contribution < 1.29 is 0 Å². The summed E-state index contributed by atoms with van der Waals surface area (Å²) in [6, 6.07) is 9.73. The van der Waals surface area contributed by atoms with E-state index in [2.05, 4.69) is 15.3 Å². The van der Waals surface area contributed by atoms with E-state index in [0.717, 1.165) is 17.3 Å². The molecule has 0 saturated heterocycles. The van der Waals surface area contributed by atoms with Gasteiger partial charge in [-0.1, -0.05) is 18.2 Å². The van der Waals surface area contributed by atoms with Crippen LogP contribution in [0.4, 0.5) is 11.6 Å². The van der Waals surface area contributed by atoms with Crippen molar-refractivity contribution in [2.24, 2.45) is 17.8 Å². The van der Waals surface area contributed by atoms with Crippen LogP contribution in [0.3, 0.4) is 0 Å². The van der Waals surface area contributed by atoms with E-state index < -0.39 is 0 Å². The average Bonchev–Trinajstić information content (AvgIpc) is 2.79. The van der Waals surface area contributed by atoms with E-state index in [0.29, 0.717) is 12.5 Å². The van der Waals surface area contributed by atoms with Gasteiger partial charge >= 0.3 is 0 Å². The SMILES string of the molecule is CN(C)c1ncc(CN=C(N)Nc2ccccc2)n1C. The summed E-state index contributed by atoms with van der Waals surface area (Å²) in [5, 5.41) is 3.05. The van der Waals surface area contributed by atoms with Crippen LogP contribution in [-0.4, -0.2) is 29.6 Å². The van der Waals surface area contributed by atoms with Gasteiger partial charge in [0.25, 0.3) is 0 Å². The highest BCUT2D eigenvalue weighted by Crippen LogP contribution is 2.11. The highest BCUT2D eigenvalue weighted by atomic mass is 15.3. The molecule has 0 aliphatic heterocycles. The molecule has 1 aromatic heterocycles. The van der Waals surface area contributed by atoms with Gasteiger partial charge in [-0.15, -0.1) is 0 Å². The first-order valence-corrected chi connectivity index (χ1v) is 6.38. The van der Waals surface area contributed by atoms with Gasteiger partial charge in [0, 0.05) is 26.8 Å². The van der Waals surface area contributed by atoms with E-state index in [9.17, 15) is 0 Å². The van der Waals surface area contributed by atoms with Crippen LogP contribution in [0, 0.1) is 0 Å². The summed E-state index contributed by atoms with van der Waals surface area (Å²) in [5.41, 5.74) is 7.80. The molecule has 0 aliphatic carbocycles. The maximum absolute atomic E-state index is 5.87. The molecule has 0 amide bonds. The molecule has 6 heteroatoms. The molecule has 0 saturated carbocycles. The van der Waals surface area contributed by atoms with Crippen molar-refractivity contribution in [1.82, 2.24) is 9.55 Å². The molecule has 2 rings (SSSR count). The molecule has 0 bridgehead atoms. The van der Waals surface area contributed by atoms with Crippen molar-refractivity contribution in [2.45, 2.75) is 6.54 Å². The Kier molecular flexibility index (Phi) is 4.24. The summed E-state index contributed by atoms with van der Waals surface area (Å²) in [5.74, 6) is 1.29. The van der Waals surface area contributed by atoms with Crippen molar-refractivity contribution in [2.75, 3.05) is 24.3 Å². The minimum absolute atomic E-state index is 0.392. The lowest BCUT2D eigenvalue weighted by molar-refractivity contribution is 0.801. The highest BCUT2D eigenvalue weighted by molar-refractivity contribution is 5.92. The number of nitrogens with zero attached hydrogens (tertiary/aromatic N) is 4. The number of rotatable bonds is 4. The number of hydrogen-bond acceptors (Lipinski definition) is 3. The van der Waals surface area contributed by atoms with E-state index in [4.69, 9.17) is 5.73 Å². The van der Waals surface area contributed by atoms with Crippen LogP contribution >= 0.6 is 0 Å². The van der Waals surface area contributed by atoms with Crippen molar-refractivity contribution in [1.29, 1.82) is 0 Å². The van der Waals surface area contributed by atoms with Crippen LogP contribution in [0.15, 0.2) is 41.5 Å². The number of aromatic nitrogens is 2. The molecule has 20 heavy (non-hydrogen) atoms. The fourth-order valence-electron chi connectivity index (χ4n) is 1.87. The molecule has 0 aliphatic rings. The molecule has 106 valence electrons. The normalized spacial score (nSPS) is 11.4. The standard InChI is InChI=1S/C14H20N6/c1-19(2)14-17-10-12(20(14)3)9-16-13(15)18-11-7-5-4-6-8-11/h4-8,10H,9H2,1-3H3,(H3,15,16,18). The van der Waals surface area contributed by atoms with Gasteiger partial charge in [0.2, 0.25) is 5.95 Å². The zero-order valence-electron chi connectivity index (χ0n) is 12.0. The largest absolute Gasteiger partial charge is 0.370 e. The fourth-order valence-corrected chi connectivity index (χ4v) is 1.87. The zero-order chi connectivity index (χ0) is 14.5. The van der Waals surface area contributed by atoms with Gasteiger partial charge in [-0.3, -0.25) is 0 Å². The molecule has 0 unspecified atom stereocenters. The Morgan fingerprint density at radius 1 is 1.35 bits per heavy atom. The third-order valence-electron chi connectivity index (χ3n) is 2.92. The molecule has 3 N–H and O–H groups in total. The number of imidazole rings is 1. The van der Waals surface area contributed by atoms with Gasteiger partial charge in [0.1, 0.15) is 0 Å². The van der Waals surface area contributed by atoms with Crippen molar-refractivity contribution in [3.63, 3.8) is 0 Å². The van der Waals surface area contributed by atoms with Crippen LogP contribution in [0.1, 0.15) is 5.69 Å². The molecule has 1 aromatic carbocycles. The van der Waals surface area contributed by atoms with Crippen molar-refractivity contribution in [3.05, 3.63) is 42.2 Å². The van der Waals surface area contributed by atoms with E-state index in [1.54, 1.807) is 0 Å². The predicted molar refractivity (Wildman–Crippen MR) is 82.9 cm³/mol.